The summed E-state index contributed by atoms with van der Waals surface area (Å²) < 4.78 is 11.0. The van der Waals surface area contributed by atoms with Crippen LogP contribution >= 0.6 is 0 Å². The fraction of sp³-hybridized carbons (Fsp3) is 0.500. The summed E-state index contributed by atoms with van der Waals surface area (Å²) in [6.07, 6.45) is 1.97. The van der Waals surface area contributed by atoms with Gasteiger partial charge in [-0.3, -0.25) is 0 Å². The molecule has 0 saturated carbocycles. The lowest BCUT2D eigenvalue weighted by atomic mass is 10.3. The first-order chi connectivity index (χ1) is 7.27. The number of nitrogens with two attached hydrogens (primary N) is 1. The van der Waals surface area contributed by atoms with Crippen molar-refractivity contribution in [2.24, 2.45) is 0 Å². The quantitative estimate of drug-likeness (QED) is 0.733. The Morgan fingerprint density at radius 1 is 1.07 bits per heavy atom. The van der Waals surface area contributed by atoms with Gasteiger partial charge in [-0.25, -0.2) is 0 Å². The molecule has 0 bridgehead atoms. The molecule has 2 N–H and O–H groups in total. The Morgan fingerprint density at radius 3 is 2.40 bits per heavy atom. The zero-order valence-corrected chi connectivity index (χ0v) is 9.45. The normalized spacial score (nSPS) is 10.0. The third kappa shape index (κ3) is 3.70. The van der Waals surface area contributed by atoms with Gasteiger partial charge in [0.1, 0.15) is 11.5 Å². The smallest absolute Gasteiger partial charge is 0.145 e. The molecule has 1 rings (SSSR count). The maximum Gasteiger partial charge on any atom is 0.145 e. The van der Waals surface area contributed by atoms with E-state index in [0.29, 0.717) is 18.0 Å². The van der Waals surface area contributed by atoms with E-state index in [1.54, 1.807) is 0 Å². The van der Waals surface area contributed by atoms with Gasteiger partial charge in [0.15, 0.2) is 0 Å². The summed E-state index contributed by atoms with van der Waals surface area (Å²) in [6.45, 7) is 5.54. The largest absolute Gasteiger partial charge is 0.493 e. The molecule has 0 saturated heterocycles. The van der Waals surface area contributed by atoms with Gasteiger partial charge in [0.2, 0.25) is 0 Å². The number of benzene rings is 1. The van der Waals surface area contributed by atoms with Gasteiger partial charge in [0.05, 0.1) is 18.9 Å². The van der Waals surface area contributed by atoms with Crippen molar-refractivity contribution in [3.8, 4) is 11.5 Å². The van der Waals surface area contributed by atoms with Crippen molar-refractivity contribution in [2.45, 2.75) is 26.7 Å². The molecule has 3 nitrogen and oxygen atoms in total. The molecule has 3 heteroatoms. The minimum atomic E-state index is 0.660. The van der Waals surface area contributed by atoms with Crippen LogP contribution in [0.5, 0.6) is 11.5 Å². The molecule has 0 radical (unpaired) electrons. The van der Waals surface area contributed by atoms with E-state index in [4.69, 9.17) is 15.2 Å². The van der Waals surface area contributed by atoms with Gasteiger partial charge in [-0.15, -0.1) is 0 Å². The van der Waals surface area contributed by atoms with Crippen LogP contribution in [0.2, 0.25) is 0 Å². The summed E-state index contributed by atoms with van der Waals surface area (Å²) in [5.74, 6) is 1.53. The zero-order chi connectivity index (χ0) is 11.1. The van der Waals surface area contributed by atoms with Crippen LogP contribution in [0.3, 0.4) is 0 Å². The Bertz CT molecular complexity index is 300. The van der Waals surface area contributed by atoms with Crippen LogP contribution in [0.4, 0.5) is 5.69 Å². The molecule has 0 spiro atoms. The van der Waals surface area contributed by atoms with Crippen LogP contribution in [-0.4, -0.2) is 13.2 Å². The first-order valence-electron chi connectivity index (χ1n) is 5.43. The van der Waals surface area contributed by atoms with E-state index in [0.717, 1.165) is 25.2 Å². The number of rotatable bonds is 6. The average molecular weight is 209 g/mol. The molecule has 1 aromatic rings. The van der Waals surface area contributed by atoms with Gasteiger partial charge in [-0.1, -0.05) is 13.8 Å². The number of nitrogen functional groups attached to an aromatic ring is 1. The second kappa shape index (κ2) is 6.17. The van der Waals surface area contributed by atoms with Gasteiger partial charge >= 0.3 is 0 Å². The third-order valence-corrected chi connectivity index (χ3v) is 1.92. The van der Waals surface area contributed by atoms with Gasteiger partial charge in [0.25, 0.3) is 0 Å². The van der Waals surface area contributed by atoms with E-state index < -0.39 is 0 Å². The Labute approximate surface area is 91.2 Å². The summed E-state index contributed by atoms with van der Waals surface area (Å²) in [4.78, 5) is 0. The molecule has 0 heterocycles. The molecule has 0 aliphatic rings. The molecule has 0 aromatic heterocycles. The van der Waals surface area contributed by atoms with Crippen molar-refractivity contribution in [3.05, 3.63) is 18.2 Å². The van der Waals surface area contributed by atoms with Crippen LogP contribution in [0.15, 0.2) is 18.2 Å². The summed E-state index contributed by atoms with van der Waals surface area (Å²) >= 11 is 0. The van der Waals surface area contributed by atoms with Crippen LogP contribution in [-0.2, 0) is 0 Å². The molecule has 15 heavy (non-hydrogen) atoms. The average Bonchev–Trinajstić information content (AvgIpc) is 2.26. The summed E-state index contributed by atoms with van der Waals surface area (Å²) in [6, 6.07) is 5.53. The number of hydrogen-bond acceptors (Lipinski definition) is 3. The fourth-order valence-electron chi connectivity index (χ4n) is 1.16. The number of hydrogen-bond donors (Lipinski definition) is 1. The molecule has 0 amide bonds. The van der Waals surface area contributed by atoms with E-state index in [1.165, 1.54) is 0 Å². The van der Waals surface area contributed by atoms with Crippen molar-refractivity contribution in [3.63, 3.8) is 0 Å². The summed E-state index contributed by atoms with van der Waals surface area (Å²) in [7, 11) is 0. The predicted molar refractivity (Wildman–Crippen MR) is 62.4 cm³/mol. The minimum absolute atomic E-state index is 0.660. The second-order valence-electron chi connectivity index (χ2n) is 3.40. The van der Waals surface area contributed by atoms with Gasteiger partial charge < -0.3 is 15.2 Å². The molecule has 1 aromatic carbocycles. The van der Waals surface area contributed by atoms with Crippen molar-refractivity contribution >= 4 is 5.69 Å². The van der Waals surface area contributed by atoms with Crippen molar-refractivity contribution in [2.75, 3.05) is 18.9 Å². The third-order valence-electron chi connectivity index (χ3n) is 1.92. The molecular formula is C12H19NO2. The van der Waals surface area contributed by atoms with Gasteiger partial charge in [-0.05, 0) is 25.0 Å². The topological polar surface area (TPSA) is 44.5 Å². The Balaban J connectivity index is 2.66. The SMILES string of the molecule is CCCOc1ccc(N)c(OCCC)c1. The van der Waals surface area contributed by atoms with Crippen molar-refractivity contribution in [1.82, 2.24) is 0 Å². The summed E-state index contributed by atoms with van der Waals surface area (Å²) in [5.41, 5.74) is 6.44. The zero-order valence-electron chi connectivity index (χ0n) is 9.45. The van der Waals surface area contributed by atoms with Crippen LogP contribution < -0.4 is 15.2 Å². The fourth-order valence-corrected chi connectivity index (χ4v) is 1.16. The number of ether oxygens (including phenoxy) is 2. The Kier molecular flexibility index (Phi) is 4.81. The predicted octanol–water partition coefficient (Wildman–Crippen LogP) is 2.85. The highest BCUT2D eigenvalue weighted by Crippen LogP contribution is 2.27. The molecule has 0 atom stereocenters. The summed E-state index contributed by atoms with van der Waals surface area (Å²) in [5, 5.41) is 0. The highest BCUT2D eigenvalue weighted by atomic mass is 16.5. The Hall–Kier alpha value is -1.38. The van der Waals surface area contributed by atoms with Gasteiger partial charge in [-0.2, -0.15) is 0 Å². The highest BCUT2D eigenvalue weighted by Gasteiger charge is 2.02. The number of anilines is 1. The maximum atomic E-state index is 5.78. The molecular weight excluding hydrogens is 190 g/mol. The standard InChI is InChI=1S/C12H19NO2/c1-3-7-14-10-5-6-11(13)12(9-10)15-8-4-2/h5-6,9H,3-4,7-8,13H2,1-2H3. The molecule has 0 aliphatic carbocycles. The lowest BCUT2D eigenvalue weighted by Crippen LogP contribution is -2.00. The van der Waals surface area contributed by atoms with E-state index in [2.05, 4.69) is 13.8 Å². The van der Waals surface area contributed by atoms with Crippen molar-refractivity contribution < 1.29 is 9.47 Å². The first kappa shape index (κ1) is 11.7. The minimum Gasteiger partial charge on any atom is -0.493 e. The maximum absolute atomic E-state index is 5.78. The highest BCUT2D eigenvalue weighted by molar-refractivity contribution is 5.55. The van der Waals surface area contributed by atoms with E-state index in [1.807, 2.05) is 18.2 Å². The van der Waals surface area contributed by atoms with E-state index in [-0.39, 0.29) is 0 Å². The molecule has 84 valence electrons. The van der Waals surface area contributed by atoms with Crippen LogP contribution in [0.25, 0.3) is 0 Å². The first-order valence-corrected chi connectivity index (χ1v) is 5.43. The molecule has 0 aliphatic heterocycles. The van der Waals surface area contributed by atoms with Crippen LogP contribution in [0.1, 0.15) is 26.7 Å². The Morgan fingerprint density at radius 2 is 1.73 bits per heavy atom. The lowest BCUT2D eigenvalue weighted by molar-refractivity contribution is 0.302. The lowest BCUT2D eigenvalue weighted by Gasteiger charge is -2.10. The molecule has 0 fully saturated rings. The molecule has 0 unspecified atom stereocenters. The van der Waals surface area contributed by atoms with E-state index in [9.17, 15) is 0 Å². The van der Waals surface area contributed by atoms with Gasteiger partial charge in [0, 0.05) is 6.07 Å². The van der Waals surface area contributed by atoms with Crippen molar-refractivity contribution in [1.29, 1.82) is 0 Å². The monoisotopic (exact) mass is 209 g/mol. The van der Waals surface area contributed by atoms with E-state index >= 15 is 0 Å². The second-order valence-corrected chi connectivity index (χ2v) is 3.40. The van der Waals surface area contributed by atoms with Crippen LogP contribution in [0, 0.1) is 0 Å².